The van der Waals surface area contributed by atoms with Gasteiger partial charge in [0.1, 0.15) is 0 Å². The molecule has 0 aliphatic rings. The maximum absolute atomic E-state index is 5.53. The molecule has 0 unspecified atom stereocenters. The van der Waals surface area contributed by atoms with Gasteiger partial charge < -0.3 is 0 Å². The molecule has 5 heteroatoms. The number of hydrogen-bond donors (Lipinski definition) is 0. The first-order valence-corrected chi connectivity index (χ1v) is 17.0. The fourth-order valence-corrected chi connectivity index (χ4v) is 9.28. The Labute approximate surface area is 183 Å². The molecule has 0 saturated heterocycles. The van der Waals surface area contributed by atoms with Gasteiger partial charge in [-0.25, -0.2) is 0 Å². The molecule has 0 atom stereocenters. The van der Waals surface area contributed by atoms with Crippen molar-refractivity contribution in [1.29, 1.82) is 0 Å². The van der Waals surface area contributed by atoms with E-state index in [1.54, 1.807) is 0 Å². The van der Waals surface area contributed by atoms with Gasteiger partial charge in [-0.05, 0) is 100 Å². The molecule has 0 bridgehead atoms. The quantitative estimate of drug-likeness (QED) is 0.233. The Bertz CT molecular complexity index is 355. The van der Waals surface area contributed by atoms with Gasteiger partial charge in [0.05, 0.1) is 20.6 Å². The fourth-order valence-electron chi connectivity index (χ4n) is 2.76. The molecule has 0 radical (unpaired) electrons. The van der Waals surface area contributed by atoms with Gasteiger partial charge in [0.25, 0.3) is 0 Å². The van der Waals surface area contributed by atoms with Crippen LogP contribution in [-0.4, -0.2) is 25.2 Å². The van der Waals surface area contributed by atoms with Crippen LogP contribution in [0.4, 0.5) is 0 Å². The van der Waals surface area contributed by atoms with Crippen LogP contribution in [0.25, 0.3) is 0 Å². The summed E-state index contributed by atoms with van der Waals surface area (Å²) >= 11 is -1.52. The van der Waals surface area contributed by atoms with Crippen molar-refractivity contribution in [1.82, 2.24) is 0 Å². The third-order valence-corrected chi connectivity index (χ3v) is 7.46. The molecule has 162 valence electrons. The minimum atomic E-state index is -1.52. The third kappa shape index (κ3) is 44.8. The second-order valence-corrected chi connectivity index (χ2v) is 24.6. The topological polar surface area (TPSA) is 0 Å². The number of hydrogen-bond acceptors (Lipinski definition) is 0. The van der Waals surface area contributed by atoms with E-state index in [0.717, 1.165) is 0 Å². The van der Waals surface area contributed by atoms with Gasteiger partial charge in [-0.2, -0.15) is 0 Å². The number of halogens is 2. The average molecular weight is 535 g/mol. The summed E-state index contributed by atoms with van der Waals surface area (Å²) in [5, 5.41) is 2.27. The van der Waals surface area contributed by atoms with Crippen LogP contribution in [0.3, 0.4) is 0 Å². The van der Waals surface area contributed by atoms with Crippen LogP contribution in [0.1, 0.15) is 96.9 Å². The SMILES string of the molecule is CC(C)(C)[PH2+]C(C)(C)C.CC(C)(C)[PH2+]C(C)(C)C.CC(C)=C[CH]=[Ru]([Cl])[Cl]. The van der Waals surface area contributed by atoms with E-state index in [-0.39, 0.29) is 0 Å². The maximum atomic E-state index is 5.53. The second-order valence-electron chi connectivity index (χ2n) is 11.3. The molecule has 0 aromatic rings. The zero-order chi connectivity index (χ0) is 22.0. The van der Waals surface area contributed by atoms with E-state index in [2.05, 4.69) is 83.1 Å². The molecule has 0 aliphatic heterocycles. The molecule has 0 saturated carbocycles. The first kappa shape index (κ1) is 32.3. The fraction of sp³-hybridized carbons (Fsp3) is 0.857. The molecule has 0 spiro atoms. The van der Waals surface area contributed by atoms with Crippen LogP contribution in [0.5, 0.6) is 0 Å². The van der Waals surface area contributed by atoms with Gasteiger partial charge in [-0.3, -0.25) is 0 Å². The first-order chi connectivity index (χ1) is 11.0. The average Bonchev–Trinajstić information content (AvgIpc) is 2.16. The van der Waals surface area contributed by atoms with Crippen molar-refractivity contribution in [3.8, 4) is 0 Å². The summed E-state index contributed by atoms with van der Waals surface area (Å²) in [6.07, 6.45) is 1.96. The monoisotopic (exact) mass is 534 g/mol. The van der Waals surface area contributed by atoms with E-state index in [1.807, 2.05) is 24.5 Å². The molecule has 26 heavy (non-hydrogen) atoms. The predicted molar refractivity (Wildman–Crippen MR) is 136 cm³/mol. The van der Waals surface area contributed by atoms with Crippen LogP contribution in [-0.2, 0) is 13.5 Å². The Hall–Kier alpha value is 1.67. The second kappa shape index (κ2) is 13.8. The summed E-state index contributed by atoms with van der Waals surface area (Å²) in [6, 6.07) is 0. The first-order valence-electron chi connectivity index (χ1n) is 9.25. The summed E-state index contributed by atoms with van der Waals surface area (Å²) in [6.45, 7) is 32.0. The molecule has 0 fully saturated rings. The minimum absolute atomic E-state index is 0.568. The zero-order valence-electron chi connectivity index (χ0n) is 19.9. The van der Waals surface area contributed by atoms with Crippen LogP contribution < -0.4 is 0 Å². The summed E-state index contributed by atoms with van der Waals surface area (Å²) in [5.41, 5.74) is 1.24. The summed E-state index contributed by atoms with van der Waals surface area (Å²) in [4.78, 5) is 0. The molecule has 0 N–H and O–H groups in total. The number of rotatable bonds is 1. The standard InChI is InChI=1S/2C8H19P.C5H8.2ClH.Ru/c2*1-7(2,3)9-8(4,5)6;1-4-5(2)3;;;/h2*9H,1-6H3;1,4H,2-3H3;2*1H;/q;;;;;+2. The Morgan fingerprint density at radius 3 is 0.885 bits per heavy atom. The Balaban J connectivity index is -0.000000306. The van der Waals surface area contributed by atoms with Gasteiger partial charge in [-0.1, -0.05) is 0 Å². The summed E-state index contributed by atoms with van der Waals surface area (Å²) in [5.74, 6) is 0. The normalized spacial score (nSPS) is 12.8. The number of allylic oxidation sites excluding steroid dienone is 2. The van der Waals surface area contributed by atoms with E-state index in [1.165, 1.54) is 5.57 Å². The van der Waals surface area contributed by atoms with Gasteiger partial charge in [0.15, 0.2) is 0 Å². The van der Waals surface area contributed by atoms with Crippen molar-refractivity contribution < 1.29 is 13.5 Å². The van der Waals surface area contributed by atoms with Gasteiger partial charge in [0.2, 0.25) is 0 Å². The molecule has 0 nitrogen and oxygen atoms in total. The molecule has 0 heterocycles. The van der Waals surface area contributed by atoms with Crippen molar-refractivity contribution >= 4 is 41.2 Å². The Morgan fingerprint density at radius 2 is 0.846 bits per heavy atom. The predicted octanol–water partition coefficient (Wildman–Crippen LogP) is 8.67. The van der Waals surface area contributed by atoms with Crippen LogP contribution in [0, 0.1) is 0 Å². The van der Waals surface area contributed by atoms with E-state index >= 15 is 0 Å². The van der Waals surface area contributed by atoms with Gasteiger partial charge in [0, 0.05) is 0 Å². The molecule has 0 rings (SSSR count). The van der Waals surface area contributed by atoms with Crippen LogP contribution >= 0.6 is 36.5 Å². The van der Waals surface area contributed by atoms with Crippen LogP contribution in [0.2, 0.25) is 0 Å². The molecule has 0 amide bonds. The van der Waals surface area contributed by atoms with Crippen molar-refractivity contribution in [3.63, 3.8) is 0 Å². The van der Waals surface area contributed by atoms with E-state index < -0.39 is 13.5 Å². The van der Waals surface area contributed by atoms with Gasteiger partial charge in [-0.15, -0.1) is 0 Å². The van der Waals surface area contributed by atoms with E-state index in [4.69, 9.17) is 19.4 Å². The summed E-state index contributed by atoms with van der Waals surface area (Å²) in [7, 11) is 12.2. The van der Waals surface area contributed by atoms with Crippen molar-refractivity contribution in [2.75, 3.05) is 0 Å². The van der Waals surface area contributed by atoms with Crippen LogP contribution in [0.15, 0.2) is 11.6 Å². The van der Waals surface area contributed by atoms with Gasteiger partial charge >= 0.3 is 63.0 Å². The molecular formula is C21H48Cl2P2Ru+2. The molecule has 0 aromatic carbocycles. The molecule has 0 aliphatic carbocycles. The third-order valence-electron chi connectivity index (χ3n) is 2.21. The zero-order valence-corrected chi connectivity index (χ0v) is 25.5. The summed E-state index contributed by atoms with van der Waals surface area (Å²) < 4.78 is 1.88. The molecular weight excluding hydrogens is 486 g/mol. The Kier molecular flexibility index (Phi) is 17.2. The van der Waals surface area contributed by atoms with Crippen molar-refractivity contribution in [3.05, 3.63) is 11.6 Å². The van der Waals surface area contributed by atoms with Crippen molar-refractivity contribution in [2.45, 2.75) is 118 Å². The van der Waals surface area contributed by atoms with E-state index in [0.29, 0.717) is 37.8 Å². The van der Waals surface area contributed by atoms with Crippen molar-refractivity contribution in [2.24, 2.45) is 0 Å². The Morgan fingerprint density at radius 1 is 0.615 bits per heavy atom. The molecule has 0 aromatic heterocycles. The van der Waals surface area contributed by atoms with E-state index in [9.17, 15) is 0 Å².